The molecular weight excluding hydrogens is 467 g/mol. The van der Waals surface area contributed by atoms with Gasteiger partial charge in [-0.3, -0.25) is 0 Å². The molecule has 3 rings (SSSR count). The number of rotatable bonds is 5. The Hall–Kier alpha value is -0.496. The van der Waals surface area contributed by atoms with E-state index in [-0.39, 0.29) is 37.2 Å². The fourth-order valence-corrected chi connectivity index (χ4v) is 5.42. The molecule has 30 heavy (non-hydrogen) atoms. The summed E-state index contributed by atoms with van der Waals surface area (Å²) in [6.45, 7) is 13.5. The molecule has 1 atom stereocenters. The topological polar surface area (TPSA) is 0 Å². The van der Waals surface area contributed by atoms with Crippen molar-refractivity contribution in [2.45, 2.75) is 60.3 Å². The van der Waals surface area contributed by atoms with Gasteiger partial charge >= 0.3 is 178 Å². The van der Waals surface area contributed by atoms with Gasteiger partial charge in [0.2, 0.25) is 0 Å². The van der Waals surface area contributed by atoms with Gasteiger partial charge in [-0.05, 0) is 0 Å². The molecule has 4 heteroatoms. The van der Waals surface area contributed by atoms with Crippen LogP contribution in [0.2, 0.25) is 0 Å². The van der Waals surface area contributed by atoms with Crippen molar-refractivity contribution in [3.8, 4) is 0 Å². The van der Waals surface area contributed by atoms with E-state index in [1.165, 1.54) is 43.7 Å². The molecule has 1 unspecified atom stereocenters. The van der Waals surface area contributed by atoms with Gasteiger partial charge in [-0.1, -0.05) is 0 Å². The maximum absolute atomic E-state index is 2.48. The Bertz CT molecular complexity index is 836. The summed E-state index contributed by atoms with van der Waals surface area (Å²) in [5, 5.41) is 0. The molecule has 0 saturated carbocycles. The average molecular weight is 498 g/mol. The van der Waals surface area contributed by atoms with Crippen LogP contribution in [0.25, 0.3) is 0 Å². The van der Waals surface area contributed by atoms with E-state index in [9.17, 15) is 0 Å². The van der Waals surface area contributed by atoms with Crippen LogP contribution in [0.1, 0.15) is 66.0 Å². The molecular formula is C26H31Cl3Ti. The van der Waals surface area contributed by atoms with Gasteiger partial charge in [-0.25, -0.2) is 0 Å². The van der Waals surface area contributed by atoms with Gasteiger partial charge < -0.3 is 37.2 Å². The molecule has 0 aliphatic heterocycles. The minimum atomic E-state index is 0. The van der Waals surface area contributed by atoms with Crippen LogP contribution in [0.4, 0.5) is 0 Å². The smallest absolute Gasteiger partial charge is 1.00 e. The Morgan fingerprint density at radius 2 is 1.17 bits per heavy atom. The van der Waals surface area contributed by atoms with Crippen molar-refractivity contribution < 1.29 is 57.7 Å². The van der Waals surface area contributed by atoms with E-state index in [1.54, 1.807) is 11.1 Å². The zero-order valence-electron chi connectivity index (χ0n) is 18.7. The van der Waals surface area contributed by atoms with Crippen molar-refractivity contribution in [2.24, 2.45) is 5.92 Å². The van der Waals surface area contributed by atoms with E-state index < -0.39 is 0 Å². The van der Waals surface area contributed by atoms with E-state index in [0.29, 0.717) is 11.8 Å². The Labute approximate surface area is 213 Å². The molecule has 0 bridgehead atoms. The molecule has 0 heterocycles. The monoisotopic (exact) mass is 496 g/mol. The third-order valence-corrected chi connectivity index (χ3v) is 6.75. The summed E-state index contributed by atoms with van der Waals surface area (Å²) >= 11 is 2.35. The van der Waals surface area contributed by atoms with Gasteiger partial charge in [0, 0.05) is 0 Å². The summed E-state index contributed by atoms with van der Waals surface area (Å²) in [6, 6.07) is 14.1. The van der Waals surface area contributed by atoms with Gasteiger partial charge in [-0.2, -0.15) is 0 Å². The zero-order valence-corrected chi connectivity index (χ0v) is 22.6. The quantitative estimate of drug-likeness (QED) is 0.430. The third-order valence-electron chi connectivity index (χ3n) is 5.80. The molecule has 0 aromatic heterocycles. The number of hydrogen-bond donors (Lipinski definition) is 0. The summed E-state index contributed by atoms with van der Waals surface area (Å²) < 4.78 is 1.52. The summed E-state index contributed by atoms with van der Waals surface area (Å²) in [5.41, 5.74) is 11.4. The van der Waals surface area contributed by atoms with Crippen LogP contribution < -0.4 is 37.2 Å². The first-order valence-electron chi connectivity index (χ1n) is 10.1. The van der Waals surface area contributed by atoms with Crippen molar-refractivity contribution in [3.05, 3.63) is 90.9 Å². The minimum Gasteiger partial charge on any atom is -1.00 e. The Morgan fingerprint density at radius 3 is 1.53 bits per heavy atom. The molecule has 0 amide bonds. The van der Waals surface area contributed by atoms with Crippen molar-refractivity contribution >= 4 is 0 Å². The molecule has 1 aliphatic rings. The van der Waals surface area contributed by atoms with E-state index in [2.05, 4.69) is 104 Å². The molecule has 0 spiro atoms. The molecule has 2 aromatic carbocycles. The SMILES string of the molecule is CCC(C)C1=CCC(C(c2cc(C)cc(C)c2)c2cc(C)cc(C)c2)=[C]1[Ti+3].[Cl-].[Cl-].[Cl-]. The van der Waals surface area contributed by atoms with Crippen LogP contribution in [0, 0.1) is 33.6 Å². The predicted octanol–water partition coefficient (Wildman–Crippen LogP) is -1.76. The largest absolute Gasteiger partial charge is 1.00 e. The maximum atomic E-state index is 2.48. The number of aryl methyl sites for hydroxylation is 4. The van der Waals surface area contributed by atoms with Crippen LogP contribution in [0.3, 0.4) is 0 Å². The second kappa shape index (κ2) is 12.5. The van der Waals surface area contributed by atoms with Crippen LogP contribution in [0.5, 0.6) is 0 Å². The van der Waals surface area contributed by atoms with Gasteiger partial charge in [0.1, 0.15) is 0 Å². The molecule has 1 aliphatic carbocycles. The van der Waals surface area contributed by atoms with Crippen LogP contribution >= 0.6 is 0 Å². The van der Waals surface area contributed by atoms with Crippen molar-refractivity contribution in [2.75, 3.05) is 0 Å². The van der Waals surface area contributed by atoms with Gasteiger partial charge in [-0.15, -0.1) is 0 Å². The average Bonchev–Trinajstić information content (AvgIpc) is 2.94. The molecule has 0 saturated heterocycles. The molecule has 0 nitrogen and oxygen atoms in total. The second-order valence-electron chi connectivity index (χ2n) is 8.35. The van der Waals surface area contributed by atoms with E-state index in [1.807, 2.05) is 0 Å². The fourth-order valence-electron chi connectivity index (χ4n) is 4.49. The normalized spacial score (nSPS) is 14.0. The second-order valence-corrected chi connectivity index (χ2v) is 9.13. The summed E-state index contributed by atoms with van der Waals surface area (Å²) in [4.78, 5) is 0. The van der Waals surface area contributed by atoms with E-state index in [0.717, 1.165) is 6.42 Å². The molecule has 0 radical (unpaired) electrons. The van der Waals surface area contributed by atoms with Crippen molar-refractivity contribution in [1.82, 2.24) is 0 Å². The van der Waals surface area contributed by atoms with Crippen molar-refractivity contribution in [3.63, 3.8) is 0 Å². The fraction of sp³-hybridized carbons (Fsp3) is 0.385. The van der Waals surface area contributed by atoms with Crippen LogP contribution in [0.15, 0.2) is 57.5 Å². The standard InChI is InChI=1S/C26H31.3ClH.Ti/c1-7-21(6)22-8-9-23(16-22)26(24-12-17(2)10-18(3)13-24)25-14-19(4)11-20(5)15-25;;;;/h8,10-15,21,26H,7,9H2,1-6H3;3*1H;/q;;;;+3/p-3. The van der Waals surface area contributed by atoms with Gasteiger partial charge in [0.25, 0.3) is 0 Å². The first-order valence-corrected chi connectivity index (χ1v) is 10.9. The van der Waals surface area contributed by atoms with Crippen LogP contribution in [-0.2, 0) is 20.4 Å². The Morgan fingerprint density at radius 1 is 0.767 bits per heavy atom. The Balaban J connectivity index is 0.00000280. The molecule has 2 aromatic rings. The molecule has 160 valence electrons. The van der Waals surface area contributed by atoms with E-state index in [4.69, 9.17) is 0 Å². The Kier molecular flexibility index (Phi) is 12.3. The zero-order chi connectivity index (χ0) is 19.7. The summed E-state index contributed by atoms with van der Waals surface area (Å²) in [7, 11) is 0. The minimum absolute atomic E-state index is 0. The summed E-state index contributed by atoms with van der Waals surface area (Å²) in [6.07, 6.45) is 4.77. The van der Waals surface area contributed by atoms with Gasteiger partial charge in [0.05, 0.1) is 0 Å². The number of benzene rings is 2. The number of allylic oxidation sites excluding steroid dienone is 4. The molecule has 0 fully saturated rings. The first-order chi connectivity index (χ1) is 12.8. The molecule has 0 N–H and O–H groups in total. The van der Waals surface area contributed by atoms with Crippen LogP contribution in [-0.4, -0.2) is 0 Å². The predicted molar refractivity (Wildman–Crippen MR) is 113 cm³/mol. The third kappa shape index (κ3) is 6.50. The van der Waals surface area contributed by atoms with E-state index >= 15 is 0 Å². The van der Waals surface area contributed by atoms with Gasteiger partial charge in [0.15, 0.2) is 0 Å². The van der Waals surface area contributed by atoms with Crippen molar-refractivity contribution in [1.29, 1.82) is 0 Å². The maximum Gasteiger partial charge on any atom is -1.00 e. The number of halogens is 3. The summed E-state index contributed by atoms with van der Waals surface area (Å²) in [5.74, 6) is 0.988. The first kappa shape index (κ1) is 29.5. The number of hydrogen-bond acceptors (Lipinski definition) is 0.